The Labute approximate surface area is 152 Å². The highest BCUT2D eigenvalue weighted by atomic mass is 32.1. The van der Waals surface area contributed by atoms with Crippen molar-refractivity contribution in [3.05, 3.63) is 33.0 Å². The molecule has 2 aromatic heterocycles. The van der Waals surface area contributed by atoms with E-state index in [4.69, 9.17) is 4.74 Å². The number of rotatable bonds is 4. The van der Waals surface area contributed by atoms with E-state index in [2.05, 4.69) is 20.3 Å². The summed E-state index contributed by atoms with van der Waals surface area (Å²) in [5, 5.41) is 4.06. The zero-order valence-electron chi connectivity index (χ0n) is 15.1. The molecule has 0 aliphatic heterocycles. The fourth-order valence-corrected chi connectivity index (χ4v) is 4.04. The zero-order chi connectivity index (χ0) is 18.0. The molecule has 1 aliphatic rings. The van der Waals surface area contributed by atoms with Gasteiger partial charge < -0.3 is 10.1 Å². The van der Waals surface area contributed by atoms with Crippen molar-refractivity contribution in [2.75, 3.05) is 0 Å². The molecule has 0 saturated heterocycles. The number of nitrogens with zero attached hydrogens (tertiary/aromatic N) is 3. The van der Waals surface area contributed by atoms with Gasteiger partial charge in [0.25, 0.3) is 5.91 Å². The van der Waals surface area contributed by atoms with Crippen LogP contribution < -0.4 is 10.1 Å². The number of ether oxygens (including phenoxy) is 1. The van der Waals surface area contributed by atoms with Crippen molar-refractivity contribution < 1.29 is 9.53 Å². The lowest BCUT2D eigenvalue weighted by Crippen LogP contribution is -2.39. The molecule has 2 heterocycles. The topological polar surface area (TPSA) is 77.0 Å². The molecule has 0 radical (unpaired) electrons. The summed E-state index contributed by atoms with van der Waals surface area (Å²) in [5.41, 5.74) is 2.64. The van der Waals surface area contributed by atoms with E-state index in [0.29, 0.717) is 6.01 Å². The number of hydrogen-bond acceptors (Lipinski definition) is 6. The summed E-state index contributed by atoms with van der Waals surface area (Å²) in [6.45, 7) is 7.69. The van der Waals surface area contributed by atoms with E-state index >= 15 is 0 Å². The number of thiazole rings is 1. The van der Waals surface area contributed by atoms with E-state index < -0.39 is 0 Å². The summed E-state index contributed by atoms with van der Waals surface area (Å²) < 4.78 is 5.93. The highest BCUT2D eigenvalue weighted by Crippen LogP contribution is 2.24. The van der Waals surface area contributed by atoms with Crippen molar-refractivity contribution in [2.45, 2.75) is 65.5 Å². The molecule has 3 rings (SSSR count). The van der Waals surface area contributed by atoms with Crippen molar-refractivity contribution >= 4 is 17.2 Å². The molecular formula is C18H24N4O2S. The van der Waals surface area contributed by atoms with Crippen LogP contribution in [0.4, 0.5) is 0 Å². The molecule has 0 aromatic carbocycles. The van der Waals surface area contributed by atoms with Crippen LogP contribution >= 0.6 is 11.3 Å². The van der Waals surface area contributed by atoms with Crippen LogP contribution in [-0.4, -0.2) is 33.0 Å². The lowest BCUT2D eigenvalue weighted by atomic mass is 9.93. The smallest absolute Gasteiger partial charge is 0.317 e. The predicted octanol–water partition coefficient (Wildman–Crippen LogP) is 3.29. The van der Waals surface area contributed by atoms with Gasteiger partial charge in [0.05, 0.1) is 10.7 Å². The third kappa shape index (κ3) is 4.54. The van der Waals surface area contributed by atoms with Crippen molar-refractivity contribution in [2.24, 2.45) is 0 Å². The average Bonchev–Trinajstić information content (AvgIpc) is 2.87. The van der Waals surface area contributed by atoms with Crippen molar-refractivity contribution in [1.29, 1.82) is 0 Å². The van der Waals surface area contributed by atoms with Gasteiger partial charge in [-0.05, 0) is 59.4 Å². The molecule has 0 bridgehead atoms. The lowest BCUT2D eigenvalue weighted by Gasteiger charge is -2.28. The Hall–Kier alpha value is -2.02. The summed E-state index contributed by atoms with van der Waals surface area (Å²) in [7, 11) is 0. The van der Waals surface area contributed by atoms with E-state index in [9.17, 15) is 4.79 Å². The molecule has 134 valence electrons. The molecule has 1 amide bonds. The number of carbonyl (C=O) groups excluding carboxylic acids is 1. The van der Waals surface area contributed by atoms with Gasteiger partial charge in [-0.25, -0.2) is 15.0 Å². The van der Waals surface area contributed by atoms with Crippen LogP contribution in [0.15, 0.2) is 6.07 Å². The van der Waals surface area contributed by atoms with E-state index in [1.807, 2.05) is 33.8 Å². The Balaban J connectivity index is 1.51. The van der Waals surface area contributed by atoms with E-state index in [1.54, 1.807) is 0 Å². The minimum atomic E-state index is -0.00916. The highest BCUT2D eigenvalue weighted by molar-refractivity contribution is 7.13. The van der Waals surface area contributed by atoms with Crippen LogP contribution in [0, 0.1) is 27.7 Å². The molecule has 0 atom stereocenters. The molecule has 2 aromatic rings. The molecule has 1 N–H and O–H groups in total. The minimum absolute atomic E-state index is 0.00916. The first kappa shape index (κ1) is 17.8. The second-order valence-electron chi connectivity index (χ2n) is 6.65. The third-order valence-electron chi connectivity index (χ3n) is 4.35. The van der Waals surface area contributed by atoms with Crippen LogP contribution in [0.25, 0.3) is 0 Å². The Bertz CT molecular complexity index is 746. The van der Waals surface area contributed by atoms with Gasteiger partial charge in [0.2, 0.25) is 0 Å². The van der Waals surface area contributed by atoms with Crippen molar-refractivity contribution in [3.63, 3.8) is 0 Å². The predicted molar refractivity (Wildman–Crippen MR) is 97.2 cm³/mol. The normalized spacial score (nSPS) is 20.3. The monoisotopic (exact) mass is 360 g/mol. The van der Waals surface area contributed by atoms with Crippen molar-refractivity contribution in [3.8, 4) is 6.01 Å². The Morgan fingerprint density at radius 1 is 1.08 bits per heavy atom. The molecular weight excluding hydrogens is 336 g/mol. The van der Waals surface area contributed by atoms with Gasteiger partial charge in [0.15, 0.2) is 0 Å². The second kappa shape index (κ2) is 7.47. The minimum Gasteiger partial charge on any atom is -0.460 e. The largest absolute Gasteiger partial charge is 0.460 e. The number of aromatic nitrogens is 3. The zero-order valence-corrected chi connectivity index (χ0v) is 15.9. The number of aryl methyl sites for hydroxylation is 4. The molecule has 7 heteroatoms. The van der Waals surface area contributed by atoms with Gasteiger partial charge in [-0.1, -0.05) is 0 Å². The van der Waals surface area contributed by atoms with Gasteiger partial charge >= 0.3 is 6.01 Å². The standard InChI is InChI=1S/C18H24N4O2S/c1-10-9-11(2)20-18(19-10)24-15-7-5-14(6-8-15)22-17(23)16-12(3)21-13(4)25-16/h9,14-15H,5-8H2,1-4H3,(H,22,23). The Kier molecular flexibility index (Phi) is 5.32. The van der Waals surface area contributed by atoms with Crippen LogP contribution in [0.1, 0.15) is 57.4 Å². The van der Waals surface area contributed by atoms with Crippen LogP contribution in [-0.2, 0) is 0 Å². The summed E-state index contributed by atoms with van der Waals surface area (Å²) in [6, 6.07) is 2.58. The molecule has 6 nitrogen and oxygen atoms in total. The molecule has 0 unspecified atom stereocenters. The maximum atomic E-state index is 12.4. The molecule has 1 fully saturated rings. The number of carbonyl (C=O) groups is 1. The first-order chi connectivity index (χ1) is 11.9. The SMILES string of the molecule is Cc1cc(C)nc(OC2CCC(NC(=O)c3sc(C)nc3C)CC2)n1. The van der Waals surface area contributed by atoms with Gasteiger partial charge in [0, 0.05) is 17.4 Å². The fourth-order valence-electron chi connectivity index (χ4n) is 3.21. The number of nitrogens with one attached hydrogen (secondary N) is 1. The molecule has 1 saturated carbocycles. The highest BCUT2D eigenvalue weighted by Gasteiger charge is 2.25. The van der Waals surface area contributed by atoms with Crippen molar-refractivity contribution in [1.82, 2.24) is 20.3 Å². The third-order valence-corrected chi connectivity index (χ3v) is 5.42. The average molecular weight is 360 g/mol. The Morgan fingerprint density at radius 3 is 2.28 bits per heavy atom. The maximum absolute atomic E-state index is 12.4. The van der Waals surface area contributed by atoms with Gasteiger partial charge in [-0.2, -0.15) is 0 Å². The fraction of sp³-hybridized carbons (Fsp3) is 0.556. The molecule has 25 heavy (non-hydrogen) atoms. The summed E-state index contributed by atoms with van der Waals surface area (Å²) in [5.74, 6) is -0.00916. The summed E-state index contributed by atoms with van der Waals surface area (Å²) >= 11 is 1.45. The van der Waals surface area contributed by atoms with E-state index in [-0.39, 0.29) is 18.1 Å². The van der Waals surface area contributed by atoms with Gasteiger partial charge in [-0.15, -0.1) is 11.3 Å². The molecule has 1 aliphatic carbocycles. The first-order valence-electron chi connectivity index (χ1n) is 8.64. The summed E-state index contributed by atoms with van der Waals surface area (Å²) in [6.07, 6.45) is 3.70. The van der Waals surface area contributed by atoms with E-state index in [1.165, 1.54) is 11.3 Å². The van der Waals surface area contributed by atoms with Gasteiger partial charge in [-0.3, -0.25) is 4.79 Å². The summed E-state index contributed by atoms with van der Waals surface area (Å²) in [4.78, 5) is 26.1. The quantitative estimate of drug-likeness (QED) is 0.905. The van der Waals surface area contributed by atoms with Gasteiger partial charge in [0.1, 0.15) is 11.0 Å². The Morgan fingerprint density at radius 2 is 1.72 bits per heavy atom. The maximum Gasteiger partial charge on any atom is 0.317 e. The second-order valence-corrected chi connectivity index (χ2v) is 7.85. The number of hydrogen-bond donors (Lipinski definition) is 1. The number of amides is 1. The molecule has 0 spiro atoms. The van der Waals surface area contributed by atoms with E-state index in [0.717, 1.165) is 52.6 Å². The lowest BCUT2D eigenvalue weighted by molar-refractivity contribution is 0.0887. The first-order valence-corrected chi connectivity index (χ1v) is 9.46. The van der Waals surface area contributed by atoms with Crippen LogP contribution in [0.5, 0.6) is 6.01 Å². The van der Waals surface area contributed by atoms with Crippen LogP contribution in [0.3, 0.4) is 0 Å². The van der Waals surface area contributed by atoms with Crippen LogP contribution in [0.2, 0.25) is 0 Å².